The Morgan fingerprint density at radius 3 is 2.94 bits per heavy atom. The van der Waals surface area contributed by atoms with Crippen molar-refractivity contribution in [1.29, 1.82) is 0 Å². The molecule has 4 heteroatoms. The second-order valence-corrected chi connectivity index (χ2v) is 3.40. The van der Waals surface area contributed by atoms with Crippen LogP contribution in [0.2, 0.25) is 0 Å². The number of para-hydroxylation sites is 1. The van der Waals surface area contributed by atoms with Crippen molar-refractivity contribution in [1.82, 2.24) is 10.2 Å². The van der Waals surface area contributed by atoms with Crippen LogP contribution in [0.1, 0.15) is 6.92 Å². The highest BCUT2D eigenvalue weighted by atomic mass is 16.5. The summed E-state index contributed by atoms with van der Waals surface area (Å²) in [6.45, 7) is 2.90. The van der Waals surface area contributed by atoms with Gasteiger partial charge in [0, 0.05) is 18.2 Å². The Morgan fingerprint density at radius 2 is 2.19 bits per heavy atom. The summed E-state index contributed by atoms with van der Waals surface area (Å²) in [5.41, 5.74) is 1.97. The smallest absolute Gasteiger partial charge is 0.148 e. The van der Waals surface area contributed by atoms with Crippen LogP contribution in [0.15, 0.2) is 30.3 Å². The van der Waals surface area contributed by atoms with Crippen LogP contribution in [0.3, 0.4) is 0 Å². The third-order valence-corrected chi connectivity index (χ3v) is 2.33. The zero-order valence-electron chi connectivity index (χ0n) is 9.45. The third kappa shape index (κ3) is 2.00. The second kappa shape index (κ2) is 4.70. The zero-order valence-corrected chi connectivity index (χ0v) is 9.45. The Morgan fingerprint density at radius 1 is 1.38 bits per heavy atom. The first-order valence-corrected chi connectivity index (χ1v) is 5.27. The third-order valence-electron chi connectivity index (χ3n) is 2.33. The van der Waals surface area contributed by atoms with Crippen LogP contribution < -0.4 is 10.1 Å². The summed E-state index contributed by atoms with van der Waals surface area (Å²) in [6.07, 6.45) is 0. The molecule has 2 aromatic rings. The highest BCUT2D eigenvalue weighted by molar-refractivity contribution is 5.69. The van der Waals surface area contributed by atoms with Gasteiger partial charge in [-0.2, -0.15) is 5.10 Å². The molecule has 0 unspecified atom stereocenters. The number of aromatic amines is 1. The summed E-state index contributed by atoms with van der Waals surface area (Å²) in [6, 6.07) is 9.84. The Kier molecular flexibility index (Phi) is 3.10. The normalized spacial score (nSPS) is 10.1. The number of nitrogens with one attached hydrogen (secondary N) is 2. The first-order chi connectivity index (χ1) is 7.85. The molecule has 16 heavy (non-hydrogen) atoms. The molecule has 2 N–H and O–H groups in total. The van der Waals surface area contributed by atoms with E-state index in [1.807, 2.05) is 37.3 Å². The SMILES string of the molecule is CCNc1cc(-c2ccccc2OC)[nH]n1. The van der Waals surface area contributed by atoms with Gasteiger partial charge >= 0.3 is 0 Å². The van der Waals surface area contributed by atoms with E-state index in [2.05, 4.69) is 15.5 Å². The van der Waals surface area contributed by atoms with E-state index in [1.54, 1.807) is 7.11 Å². The minimum absolute atomic E-state index is 0.842. The number of benzene rings is 1. The lowest BCUT2D eigenvalue weighted by Gasteiger charge is -2.04. The van der Waals surface area contributed by atoms with Gasteiger partial charge in [-0.05, 0) is 19.1 Å². The lowest BCUT2D eigenvalue weighted by Crippen LogP contribution is -1.95. The minimum atomic E-state index is 0.842. The van der Waals surface area contributed by atoms with Gasteiger partial charge < -0.3 is 10.1 Å². The van der Waals surface area contributed by atoms with E-state index in [-0.39, 0.29) is 0 Å². The highest BCUT2D eigenvalue weighted by Gasteiger charge is 2.07. The largest absolute Gasteiger partial charge is 0.496 e. The molecule has 0 aliphatic rings. The Balaban J connectivity index is 2.34. The Hall–Kier alpha value is -1.97. The summed E-state index contributed by atoms with van der Waals surface area (Å²) in [5, 5.41) is 10.3. The molecular formula is C12H15N3O. The predicted octanol–water partition coefficient (Wildman–Crippen LogP) is 2.52. The van der Waals surface area contributed by atoms with Crippen LogP contribution in [0.5, 0.6) is 5.75 Å². The fraction of sp³-hybridized carbons (Fsp3) is 0.250. The maximum atomic E-state index is 5.30. The van der Waals surface area contributed by atoms with Crippen molar-refractivity contribution in [3.05, 3.63) is 30.3 Å². The van der Waals surface area contributed by atoms with Crippen molar-refractivity contribution in [3.8, 4) is 17.0 Å². The maximum Gasteiger partial charge on any atom is 0.148 e. The van der Waals surface area contributed by atoms with Crippen molar-refractivity contribution < 1.29 is 4.74 Å². The summed E-state index contributed by atoms with van der Waals surface area (Å²) in [7, 11) is 1.67. The topological polar surface area (TPSA) is 49.9 Å². The van der Waals surface area contributed by atoms with Crippen LogP contribution in [0, 0.1) is 0 Å². The molecule has 1 aromatic heterocycles. The number of methoxy groups -OCH3 is 1. The molecule has 0 bridgehead atoms. The zero-order chi connectivity index (χ0) is 11.4. The molecule has 4 nitrogen and oxygen atoms in total. The van der Waals surface area contributed by atoms with Crippen LogP contribution >= 0.6 is 0 Å². The van der Waals surface area contributed by atoms with E-state index in [4.69, 9.17) is 4.74 Å². The van der Waals surface area contributed by atoms with Crippen molar-refractivity contribution in [3.63, 3.8) is 0 Å². The second-order valence-electron chi connectivity index (χ2n) is 3.40. The molecule has 0 amide bonds. The van der Waals surface area contributed by atoms with Crippen LogP contribution in [-0.4, -0.2) is 23.9 Å². The van der Waals surface area contributed by atoms with Gasteiger partial charge in [-0.25, -0.2) is 0 Å². The van der Waals surface area contributed by atoms with Crippen LogP contribution in [0.4, 0.5) is 5.82 Å². The van der Waals surface area contributed by atoms with Crippen LogP contribution in [0.25, 0.3) is 11.3 Å². The molecule has 0 aliphatic heterocycles. The molecule has 1 aromatic carbocycles. The summed E-state index contributed by atoms with van der Waals surface area (Å²) < 4.78 is 5.30. The average molecular weight is 217 g/mol. The fourth-order valence-corrected chi connectivity index (χ4v) is 1.60. The lowest BCUT2D eigenvalue weighted by molar-refractivity contribution is 0.416. The van der Waals surface area contributed by atoms with E-state index in [0.29, 0.717) is 0 Å². The standard InChI is InChI=1S/C12H15N3O/c1-3-13-12-8-10(14-15-12)9-6-4-5-7-11(9)16-2/h4-8H,3H2,1-2H3,(H2,13,14,15). The molecule has 0 aliphatic carbocycles. The van der Waals surface area contributed by atoms with E-state index in [0.717, 1.165) is 29.4 Å². The van der Waals surface area contributed by atoms with Gasteiger partial charge in [0.15, 0.2) is 0 Å². The Labute approximate surface area is 94.6 Å². The van der Waals surface area contributed by atoms with Crippen LogP contribution in [-0.2, 0) is 0 Å². The van der Waals surface area contributed by atoms with Gasteiger partial charge in [-0.3, -0.25) is 5.10 Å². The molecule has 0 atom stereocenters. The van der Waals surface area contributed by atoms with Gasteiger partial charge in [0.25, 0.3) is 0 Å². The molecule has 0 saturated carbocycles. The van der Waals surface area contributed by atoms with E-state index in [1.165, 1.54) is 0 Å². The number of rotatable bonds is 4. The quantitative estimate of drug-likeness (QED) is 0.827. The number of nitrogens with zero attached hydrogens (tertiary/aromatic N) is 1. The van der Waals surface area contributed by atoms with Crippen molar-refractivity contribution in [2.75, 3.05) is 19.0 Å². The van der Waals surface area contributed by atoms with Gasteiger partial charge in [0.1, 0.15) is 11.6 Å². The Bertz CT molecular complexity index is 465. The van der Waals surface area contributed by atoms with E-state index >= 15 is 0 Å². The molecule has 0 saturated heterocycles. The first kappa shape index (κ1) is 10.5. The number of hydrogen-bond donors (Lipinski definition) is 2. The molecule has 0 fully saturated rings. The average Bonchev–Trinajstić information content (AvgIpc) is 2.78. The van der Waals surface area contributed by atoms with E-state index in [9.17, 15) is 0 Å². The molecule has 1 heterocycles. The van der Waals surface area contributed by atoms with Crippen molar-refractivity contribution in [2.24, 2.45) is 0 Å². The van der Waals surface area contributed by atoms with Gasteiger partial charge in [-0.15, -0.1) is 0 Å². The first-order valence-electron chi connectivity index (χ1n) is 5.27. The monoisotopic (exact) mass is 217 g/mol. The molecule has 2 rings (SSSR count). The fourth-order valence-electron chi connectivity index (χ4n) is 1.60. The highest BCUT2D eigenvalue weighted by Crippen LogP contribution is 2.28. The predicted molar refractivity (Wildman–Crippen MR) is 64.7 cm³/mol. The van der Waals surface area contributed by atoms with Crippen molar-refractivity contribution in [2.45, 2.75) is 6.92 Å². The van der Waals surface area contributed by atoms with Crippen molar-refractivity contribution >= 4 is 5.82 Å². The number of hydrogen-bond acceptors (Lipinski definition) is 3. The molecule has 0 spiro atoms. The minimum Gasteiger partial charge on any atom is -0.496 e. The summed E-state index contributed by atoms with van der Waals surface area (Å²) in [5.74, 6) is 1.69. The van der Waals surface area contributed by atoms with E-state index < -0.39 is 0 Å². The van der Waals surface area contributed by atoms with Gasteiger partial charge in [0.2, 0.25) is 0 Å². The molecular weight excluding hydrogens is 202 g/mol. The number of anilines is 1. The molecule has 0 radical (unpaired) electrons. The maximum absolute atomic E-state index is 5.30. The van der Waals surface area contributed by atoms with Gasteiger partial charge in [-0.1, -0.05) is 12.1 Å². The number of aromatic nitrogens is 2. The summed E-state index contributed by atoms with van der Waals surface area (Å²) in [4.78, 5) is 0. The lowest BCUT2D eigenvalue weighted by atomic mass is 10.1. The number of ether oxygens (including phenoxy) is 1. The number of H-pyrrole nitrogens is 1. The summed E-state index contributed by atoms with van der Waals surface area (Å²) >= 11 is 0. The van der Waals surface area contributed by atoms with Gasteiger partial charge in [0.05, 0.1) is 12.8 Å². The molecule has 84 valence electrons.